The van der Waals surface area contributed by atoms with Crippen LogP contribution in [-0.2, 0) is 23.0 Å². The van der Waals surface area contributed by atoms with E-state index in [0.29, 0.717) is 46.4 Å². The lowest BCUT2D eigenvalue weighted by molar-refractivity contribution is 0.0985. The summed E-state index contributed by atoms with van der Waals surface area (Å²) in [6.07, 6.45) is 4.04. The third-order valence-corrected chi connectivity index (χ3v) is 9.81. The first-order chi connectivity index (χ1) is 19.5. The minimum absolute atomic E-state index is 0.133. The summed E-state index contributed by atoms with van der Waals surface area (Å²) in [7, 11) is -3.77. The lowest BCUT2D eigenvalue weighted by atomic mass is 10.2. The Bertz CT molecular complexity index is 1820. The molecule has 0 N–H and O–H groups in total. The van der Waals surface area contributed by atoms with E-state index in [1.54, 1.807) is 35.5 Å². The van der Waals surface area contributed by atoms with Crippen molar-refractivity contribution in [2.75, 3.05) is 22.5 Å². The maximum atomic E-state index is 13.9. The summed E-state index contributed by atoms with van der Waals surface area (Å²) in [4.78, 5) is 24.5. The number of sulfonamides is 1. The normalized spacial score (nSPS) is 13.9. The van der Waals surface area contributed by atoms with Crippen LogP contribution in [0, 0.1) is 0 Å². The van der Waals surface area contributed by atoms with E-state index in [2.05, 4.69) is 4.98 Å². The van der Waals surface area contributed by atoms with Gasteiger partial charge in [-0.1, -0.05) is 35.6 Å². The van der Waals surface area contributed by atoms with Crippen LogP contribution < -0.4 is 18.7 Å². The summed E-state index contributed by atoms with van der Waals surface area (Å²) < 4.78 is 40.2. The number of hydrogen-bond acceptors (Lipinski definition) is 8. The second kappa shape index (κ2) is 9.61. The Morgan fingerprint density at radius 3 is 2.60 bits per heavy atom. The number of carbonyl (C=O) groups is 1. The van der Waals surface area contributed by atoms with Gasteiger partial charge < -0.3 is 9.47 Å². The van der Waals surface area contributed by atoms with Gasteiger partial charge in [0.2, 0.25) is 6.79 Å². The van der Waals surface area contributed by atoms with E-state index >= 15 is 0 Å². The molecule has 0 atom stereocenters. The number of para-hydroxylation sites is 1. The monoisotopic (exact) mass is 570 g/mol. The molecule has 11 heteroatoms. The van der Waals surface area contributed by atoms with Crippen LogP contribution in [0.1, 0.15) is 21.5 Å². The first kappa shape index (κ1) is 24.6. The summed E-state index contributed by atoms with van der Waals surface area (Å²) >= 11 is 1.37. The Morgan fingerprint density at radius 2 is 1.80 bits per heavy atom. The van der Waals surface area contributed by atoms with Gasteiger partial charge in [0.15, 0.2) is 16.6 Å². The molecule has 200 valence electrons. The summed E-state index contributed by atoms with van der Waals surface area (Å²) in [5.41, 5.74) is 3.57. The van der Waals surface area contributed by atoms with E-state index in [4.69, 9.17) is 14.5 Å². The fraction of sp³-hybridized carbons (Fsp3) is 0.138. The molecule has 2 aromatic heterocycles. The van der Waals surface area contributed by atoms with Crippen molar-refractivity contribution in [1.82, 2.24) is 9.97 Å². The number of ether oxygens (including phenoxy) is 2. The second-order valence-electron chi connectivity index (χ2n) is 9.40. The standard InChI is InChI=1S/C29H22N4O5S2/c34-28(21-7-9-22(10-8-21)40(35,36)33-13-11-20-5-1-2-6-24(20)33)32(17-19-4-3-12-30-16-19)29-31-23-14-25-26(38-18-37-25)15-27(23)39-29/h1-10,12,14-16H,11,13,17-18H2. The predicted octanol–water partition coefficient (Wildman–Crippen LogP) is 5.02. The highest BCUT2D eigenvalue weighted by Gasteiger charge is 2.31. The Morgan fingerprint density at radius 1 is 1.00 bits per heavy atom. The SMILES string of the molecule is O=C(c1ccc(S(=O)(=O)N2CCc3ccccc32)cc1)N(Cc1cccnc1)c1nc2cc3c(cc2s1)OCO3. The highest BCUT2D eigenvalue weighted by molar-refractivity contribution is 7.92. The van der Waals surface area contributed by atoms with Gasteiger partial charge in [0, 0.05) is 36.6 Å². The number of nitrogens with zero attached hydrogens (tertiary/aromatic N) is 4. The van der Waals surface area contributed by atoms with E-state index in [1.807, 2.05) is 42.5 Å². The molecule has 0 aliphatic carbocycles. The van der Waals surface area contributed by atoms with Gasteiger partial charge in [-0.05, 0) is 53.9 Å². The van der Waals surface area contributed by atoms with Gasteiger partial charge in [0.1, 0.15) is 0 Å². The fourth-order valence-electron chi connectivity index (χ4n) is 4.93. The molecule has 0 saturated heterocycles. The molecule has 7 rings (SSSR count). The van der Waals surface area contributed by atoms with Crippen molar-refractivity contribution in [1.29, 1.82) is 0 Å². The molecule has 40 heavy (non-hydrogen) atoms. The number of anilines is 2. The average molecular weight is 571 g/mol. The third kappa shape index (κ3) is 4.23. The maximum Gasteiger partial charge on any atom is 0.264 e. The Balaban J connectivity index is 1.21. The summed E-state index contributed by atoms with van der Waals surface area (Å²) in [6.45, 7) is 0.795. The van der Waals surface area contributed by atoms with Crippen molar-refractivity contribution in [3.63, 3.8) is 0 Å². The molecule has 2 aliphatic rings. The van der Waals surface area contributed by atoms with Gasteiger partial charge >= 0.3 is 0 Å². The van der Waals surface area contributed by atoms with Gasteiger partial charge in [-0.25, -0.2) is 13.4 Å². The summed E-state index contributed by atoms with van der Waals surface area (Å²) in [5.74, 6) is 0.954. The van der Waals surface area contributed by atoms with Crippen LogP contribution in [0.2, 0.25) is 0 Å². The molecular weight excluding hydrogens is 548 g/mol. The van der Waals surface area contributed by atoms with Crippen molar-refractivity contribution in [2.24, 2.45) is 0 Å². The molecule has 2 aliphatic heterocycles. The van der Waals surface area contributed by atoms with Crippen LogP contribution >= 0.6 is 11.3 Å². The number of rotatable bonds is 6. The Kier molecular flexibility index (Phi) is 5.90. The number of pyridine rings is 1. The smallest absolute Gasteiger partial charge is 0.264 e. The van der Waals surface area contributed by atoms with Crippen molar-refractivity contribution in [3.05, 3.63) is 102 Å². The van der Waals surface area contributed by atoms with Crippen molar-refractivity contribution >= 4 is 48.3 Å². The predicted molar refractivity (Wildman–Crippen MR) is 152 cm³/mol. The molecule has 1 amide bonds. The number of fused-ring (bicyclic) bond motifs is 3. The molecular formula is C29H22N4O5S2. The minimum Gasteiger partial charge on any atom is -0.454 e. The van der Waals surface area contributed by atoms with E-state index in [-0.39, 0.29) is 24.1 Å². The number of aromatic nitrogens is 2. The second-order valence-corrected chi connectivity index (χ2v) is 12.3. The summed E-state index contributed by atoms with van der Waals surface area (Å²) in [6, 6.07) is 21.0. The third-order valence-electron chi connectivity index (χ3n) is 6.94. The zero-order valence-corrected chi connectivity index (χ0v) is 22.7. The zero-order chi connectivity index (χ0) is 27.3. The molecule has 0 saturated carbocycles. The lowest BCUT2D eigenvalue weighted by Gasteiger charge is -2.21. The lowest BCUT2D eigenvalue weighted by Crippen LogP contribution is -2.31. The molecule has 0 bridgehead atoms. The van der Waals surface area contributed by atoms with Crippen LogP contribution in [0.5, 0.6) is 11.5 Å². The molecule has 5 aromatic rings. The number of carbonyl (C=O) groups excluding carboxylic acids is 1. The number of hydrogen-bond donors (Lipinski definition) is 0. The van der Waals surface area contributed by atoms with E-state index in [0.717, 1.165) is 15.8 Å². The molecule has 0 radical (unpaired) electrons. The van der Waals surface area contributed by atoms with Crippen LogP contribution in [0.15, 0.2) is 90.1 Å². The molecule has 4 heterocycles. The van der Waals surface area contributed by atoms with Crippen LogP contribution in [0.3, 0.4) is 0 Å². The van der Waals surface area contributed by atoms with E-state index < -0.39 is 10.0 Å². The topological polar surface area (TPSA) is 102 Å². The van der Waals surface area contributed by atoms with Gasteiger partial charge in [0.05, 0.1) is 27.3 Å². The number of benzene rings is 3. The molecule has 9 nitrogen and oxygen atoms in total. The van der Waals surface area contributed by atoms with Gasteiger partial charge in [-0.3, -0.25) is 19.0 Å². The fourth-order valence-corrected chi connectivity index (χ4v) is 7.41. The number of thiazole rings is 1. The first-order valence-corrected chi connectivity index (χ1v) is 14.8. The molecule has 0 spiro atoms. The molecule has 0 unspecified atom stereocenters. The van der Waals surface area contributed by atoms with Gasteiger partial charge in [0.25, 0.3) is 15.9 Å². The summed E-state index contributed by atoms with van der Waals surface area (Å²) in [5, 5.41) is 0.498. The largest absolute Gasteiger partial charge is 0.454 e. The first-order valence-electron chi connectivity index (χ1n) is 12.6. The zero-order valence-electron chi connectivity index (χ0n) is 21.1. The van der Waals surface area contributed by atoms with Gasteiger partial charge in [-0.2, -0.15) is 0 Å². The minimum atomic E-state index is -3.77. The quantitative estimate of drug-likeness (QED) is 0.283. The Labute approximate surface area is 234 Å². The average Bonchev–Trinajstić information content (AvgIpc) is 3.73. The Hall–Kier alpha value is -4.48. The van der Waals surface area contributed by atoms with Crippen LogP contribution in [0.25, 0.3) is 10.2 Å². The van der Waals surface area contributed by atoms with Crippen molar-refractivity contribution in [3.8, 4) is 11.5 Å². The van der Waals surface area contributed by atoms with Gasteiger partial charge in [-0.15, -0.1) is 0 Å². The van der Waals surface area contributed by atoms with Crippen LogP contribution in [-0.4, -0.2) is 37.6 Å². The molecule has 0 fully saturated rings. The molecule has 3 aromatic carbocycles. The number of amides is 1. The highest BCUT2D eigenvalue weighted by Crippen LogP contribution is 2.40. The van der Waals surface area contributed by atoms with Crippen molar-refractivity contribution < 1.29 is 22.7 Å². The van der Waals surface area contributed by atoms with Crippen LogP contribution in [0.4, 0.5) is 10.8 Å². The van der Waals surface area contributed by atoms with Crippen molar-refractivity contribution in [2.45, 2.75) is 17.9 Å². The van der Waals surface area contributed by atoms with E-state index in [1.165, 1.54) is 27.8 Å². The maximum absolute atomic E-state index is 13.9. The van der Waals surface area contributed by atoms with E-state index in [9.17, 15) is 13.2 Å². The highest BCUT2D eigenvalue weighted by atomic mass is 32.2.